The number of nitrogens with zero attached hydrogens (tertiary/aromatic N) is 2. The van der Waals surface area contributed by atoms with E-state index in [1.54, 1.807) is 29.1 Å². The van der Waals surface area contributed by atoms with Crippen LogP contribution in [0.25, 0.3) is 0 Å². The Kier molecular flexibility index (Phi) is 5.54. The molecule has 0 radical (unpaired) electrons. The molecule has 0 unspecified atom stereocenters. The van der Waals surface area contributed by atoms with Gasteiger partial charge in [-0.2, -0.15) is 5.10 Å². The molecule has 0 bridgehead atoms. The Bertz CT molecular complexity index is 931. The number of ether oxygens (including phenoxy) is 1. The zero-order valence-corrected chi connectivity index (χ0v) is 15.9. The van der Waals surface area contributed by atoms with Gasteiger partial charge in [-0.1, -0.05) is 47.5 Å². The van der Waals surface area contributed by atoms with E-state index in [9.17, 15) is 9.59 Å². The number of carbonyl (C=O) groups excluding carboxylic acids is 2. The third-order valence-corrected chi connectivity index (χ3v) is 5.15. The van der Waals surface area contributed by atoms with Crippen molar-refractivity contribution in [2.24, 2.45) is 0 Å². The van der Waals surface area contributed by atoms with Crippen LogP contribution < -0.4 is 0 Å². The monoisotopic (exact) mass is 388 g/mol. The molecule has 2 heterocycles. The van der Waals surface area contributed by atoms with Crippen LogP contribution in [0.5, 0.6) is 0 Å². The number of rotatable bonds is 6. The Balaban J connectivity index is 1.71. The first kappa shape index (κ1) is 18.4. The molecule has 1 aromatic carbocycles. The van der Waals surface area contributed by atoms with Crippen LogP contribution in [0.2, 0.25) is 5.15 Å². The normalized spacial score (nSPS) is 10.7. The van der Waals surface area contributed by atoms with Gasteiger partial charge in [-0.15, -0.1) is 11.3 Å². The fourth-order valence-corrected chi connectivity index (χ4v) is 3.43. The fourth-order valence-electron chi connectivity index (χ4n) is 2.47. The largest absolute Gasteiger partial charge is 0.454 e. The van der Waals surface area contributed by atoms with Gasteiger partial charge in [-0.25, -0.2) is 9.48 Å². The number of aryl methyl sites for hydroxylation is 2. The molecule has 3 rings (SSSR count). The molecule has 7 heteroatoms. The van der Waals surface area contributed by atoms with Crippen LogP contribution in [0.3, 0.4) is 0 Å². The van der Waals surface area contributed by atoms with Gasteiger partial charge in [0.05, 0.1) is 17.1 Å². The highest BCUT2D eigenvalue weighted by Crippen LogP contribution is 2.22. The van der Waals surface area contributed by atoms with E-state index in [4.69, 9.17) is 16.3 Å². The molecule has 0 amide bonds. The quantitative estimate of drug-likeness (QED) is 0.466. The number of Topliss-reactive ketones (excluding diaryl/α,β-unsaturated/α-hetero) is 1. The van der Waals surface area contributed by atoms with Crippen LogP contribution in [-0.2, 0) is 11.3 Å². The molecule has 0 saturated carbocycles. The highest BCUT2D eigenvalue weighted by molar-refractivity contribution is 7.12. The van der Waals surface area contributed by atoms with Gasteiger partial charge in [0.15, 0.2) is 6.61 Å². The first-order valence-corrected chi connectivity index (χ1v) is 9.23. The lowest BCUT2D eigenvalue weighted by Crippen LogP contribution is -2.14. The summed E-state index contributed by atoms with van der Waals surface area (Å²) in [6.45, 7) is 3.83. The predicted molar refractivity (Wildman–Crippen MR) is 101 cm³/mol. The molecule has 134 valence electrons. The minimum Gasteiger partial charge on any atom is -0.454 e. The number of aromatic nitrogens is 2. The zero-order chi connectivity index (χ0) is 18.7. The summed E-state index contributed by atoms with van der Waals surface area (Å²) in [6, 6.07) is 11.4. The van der Waals surface area contributed by atoms with Crippen molar-refractivity contribution < 1.29 is 14.3 Å². The van der Waals surface area contributed by atoms with Gasteiger partial charge < -0.3 is 4.74 Å². The number of esters is 1. The minimum atomic E-state index is -0.646. The predicted octanol–water partition coefficient (Wildman–Crippen LogP) is 4.30. The zero-order valence-electron chi connectivity index (χ0n) is 14.4. The maximum atomic E-state index is 12.4. The van der Waals surface area contributed by atoms with Crippen molar-refractivity contribution in [3.63, 3.8) is 0 Å². The second-order valence-corrected chi connectivity index (χ2v) is 7.18. The molecule has 3 aromatic rings. The van der Waals surface area contributed by atoms with E-state index in [2.05, 4.69) is 5.10 Å². The van der Waals surface area contributed by atoms with Gasteiger partial charge in [-0.05, 0) is 30.9 Å². The second kappa shape index (κ2) is 7.85. The first-order chi connectivity index (χ1) is 12.5. The summed E-state index contributed by atoms with van der Waals surface area (Å²) in [5, 5.41) is 6.33. The lowest BCUT2D eigenvalue weighted by molar-refractivity contribution is 0.0475. The van der Waals surface area contributed by atoms with E-state index in [1.165, 1.54) is 11.3 Å². The molecule has 0 spiro atoms. The van der Waals surface area contributed by atoms with Crippen molar-refractivity contribution in [3.05, 3.63) is 74.2 Å². The van der Waals surface area contributed by atoms with Crippen molar-refractivity contribution in [2.45, 2.75) is 20.4 Å². The Morgan fingerprint density at radius 1 is 1.19 bits per heavy atom. The average Bonchev–Trinajstić information content (AvgIpc) is 3.24. The van der Waals surface area contributed by atoms with Crippen molar-refractivity contribution in [2.75, 3.05) is 6.61 Å². The van der Waals surface area contributed by atoms with Crippen molar-refractivity contribution in [3.8, 4) is 0 Å². The third kappa shape index (κ3) is 4.03. The molecule has 0 aliphatic carbocycles. The van der Waals surface area contributed by atoms with E-state index in [1.807, 2.05) is 31.2 Å². The lowest BCUT2D eigenvalue weighted by atomic mass is 10.1. The number of carbonyl (C=O) groups is 2. The topological polar surface area (TPSA) is 61.2 Å². The van der Waals surface area contributed by atoms with E-state index < -0.39 is 5.97 Å². The summed E-state index contributed by atoms with van der Waals surface area (Å²) >= 11 is 7.65. The maximum absolute atomic E-state index is 12.4. The second-order valence-electron chi connectivity index (χ2n) is 5.87. The van der Waals surface area contributed by atoms with E-state index in [0.29, 0.717) is 17.1 Å². The highest BCUT2D eigenvalue weighted by atomic mass is 35.5. The summed E-state index contributed by atoms with van der Waals surface area (Å²) < 4.78 is 6.69. The minimum absolute atomic E-state index is 0.192. The van der Waals surface area contributed by atoms with E-state index >= 15 is 0 Å². The van der Waals surface area contributed by atoms with Gasteiger partial charge >= 0.3 is 5.97 Å². The van der Waals surface area contributed by atoms with Gasteiger partial charge in [0.2, 0.25) is 5.78 Å². The first-order valence-electron chi connectivity index (χ1n) is 7.98. The Morgan fingerprint density at radius 3 is 2.58 bits per heavy atom. The summed E-state index contributed by atoms with van der Waals surface area (Å²) in [7, 11) is 0. The van der Waals surface area contributed by atoms with Gasteiger partial charge in [0.1, 0.15) is 10.7 Å². The number of thiophene rings is 1. The average molecular weight is 389 g/mol. The summed E-state index contributed by atoms with van der Waals surface area (Å²) in [4.78, 5) is 24.9. The molecule has 5 nitrogen and oxygen atoms in total. The van der Waals surface area contributed by atoms with Gasteiger partial charge in [0.25, 0.3) is 0 Å². The molecular formula is C19H17ClN2O3S. The molecule has 0 saturated heterocycles. The molecule has 2 aromatic heterocycles. The Morgan fingerprint density at radius 2 is 1.92 bits per heavy atom. The van der Waals surface area contributed by atoms with Crippen LogP contribution in [0.1, 0.15) is 36.9 Å². The Labute approximate surface area is 160 Å². The van der Waals surface area contributed by atoms with Crippen molar-refractivity contribution in [1.82, 2.24) is 9.78 Å². The molecular weight excluding hydrogens is 372 g/mol. The van der Waals surface area contributed by atoms with Gasteiger partial charge in [-0.3, -0.25) is 4.79 Å². The maximum Gasteiger partial charge on any atom is 0.343 e. The Hall–Kier alpha value is -2.44. The molecule has 26 heavy (non-hydrogen) atoms. The highest BCUT2D eigenvalue weighted by Gasteiger charge is 2.23. The van der Waals surface area contributed by atoms with Crippen LogP contribution in [-0.4, -0.2) is 28.1 Å². The lowest BCUT2D eigenvalue weighted by Gasteiger charge is -2.05. The van der Waals surface area contributed by atoms with Crippen LogP contribution in [0.15, 0.2) is 41.8 Å². The summed E-state index contributed by atoms with van der Waals surface area (Å²) in [6.07, 6.45) is 0. The van der Waals surface area contributed by atoms with E-state index in [0.717, 1.165) is 11.1 Å². The summed E-state index contributed by atoms with van der Waals surface area (Å²) in [5.41, 5.74) is 2.84. The third-order valence-electron chi connectivity index (χ3n) is 3.85. The number of hydrogen-bond acceptors (Lipinski definition) is 5. The fraction of sp³-hybridized carbons (Fsp3) is 0.211. The van der Waals surface area contributed by atoms with Crippen LogP contribution in [0.4, 0.5) is 0 Å². The summed E-state index contributed by atoms with van der Waals surface area (Å²) in [5.74, 6) is -0.887. The van der Waals surface area contributed by atoms with Crippen LogP contribution in [0, 0.1) is 13.8 Å². The number of hydrogen-bond donors (Lipinski definition) is 0. The van der Waals surface area contributed by atoms with Crippen molar-refractivity contribution in [1.29, 1.82) is 0 Å². The van der Waals surface area contributed by atoms with E-state index in [-0.39, 0.29) is 23.1 Å². The molecule has 0 atom stereocenters. The number of ketones is 1. The smallest absolute Gasteiger partial charge is 0.343 e. The van der Waals surface area contributed by atoms with Crippen molar-refractivity contribution >= 4 is 34.7 Å². The number of benzene rings is 1. The van der Waals surface area contributed by atoms with Gasteiger partial charge in [0, 0.05) is 0 Å². The standard InChI is InChI=1S/C19H17ClN2O3S/c1-12-5-7-14(8-6-12)10-22-18(20)17(13(2)21-22)19(24)25-11-15(23)16-4-3-9-26-16/h3-9H,10-11H2,1-2H3. The molecule has 0 N–H and O–H groups in total. The van der Waals surface area contributed by atoms with Crippen LogP contribution >= 0.6 is 22.9 Å². The SMILES string of the molecule is Cc1ccc(Cn2nc(C)c(C(=O)OCC(=O)c3cccs3)c2Cl)cc1. The molecule has 0 aliphatic rings. The molecule has 0 aliphatic heterocycles. The number of halogens is 1. The molecule has 0 fully saturated rings.